The summed E-state index contributed by atoms with van der Waals surface area (Å²) in [7, 11) is 0. The monoisotopic (exact) mass is 419 g/mol. The Labute approximate surface area is 183 Å². The highest BCUT2D eigenvalue weighted by Gasteiger charge is 2.19. The zero-order valence-electron chi connectivity index (χ0n) is 16.9. The Balaban J connectivity index is 1.31. The van der Waals surface area contributed by atoms with Gasteiger partial charge < -0.3 is 10.2 Å². The Morgan fingerprint density at radius 1 is 0.833 bits per heavy atom. The molecule has 1 aliphatic rings. The Bertz CT molecular complexity index is 984. The number of amides is 1. The zero-order valence-corrected chi connectivity index (χ0v) is 17.7. The van der Waals surface area contributed by atoms with Crippen LogP contribution in [0.1, 0.15) is 21.5 Å². The van der Waals surface area contributed by atoms with Crippen molar-refractivity contribution in [3.05, 3.63) is 101 Å². The van der Waals surface area contributed by atoms with Crippen LogP contribution in [0.15, 0.2) is 78.9 Å². The zero-order chi connectivity index (χ0) is 20.8. The first-order chi connectivity index (χ1) is 14.7. The van der Waals surface area contributed by atoms with Crippen LogP contribution in [0.2, 0.25) is 5.02 Å². The topological polar surface area (TPSA) is 35.6 Å². The van der Waals surface area contributed by atoms with E-state index in [2.05, 4.69) is 27.2 Å². The molecule has 1 amide bonds. The van der Waals surface area contributed by atoms with Crippen molar-refractivity contribution < 1.29 is 4.79 Å². The van der Waals surface area contributed by atoms with E-state index in [0.717, 1.165) is 54.6 Å². The molecule has 4 nitrogen and oxygen atoms in total. The number of hydrogen-bond donors (Lipinski definition) is 1. The Morgan fingerprint density at radius 2 is 1.53 bits per heavy atom. The molecule has 4 rings (SSSR count). The second kappa shape index (κ2) is 9.79. The number of benzene rings is 3. The second-order valence-electron chi connectivity index (χ2n) is 7.58. The van der Waals surface area contributed by atoms with Crippen LogP contribution < -0.4 is 10.2 Å². The van der Waals surface area contributed by atoms with E-state index in [0.29, 0.717) is 12.1 Å². The molecule has 3 aromatic rings. The van der Waals surface area contributed by atoms with Gasteiger partial charge in [0.15, 0.2) is 0 Å². The minimum absolute atomic E-state index is 0.0377. The Kier molecular flexibility index (Phi) is 6.67. The standard InChI is InChI=1S/C25H26ClN3O/c26-23-11-4-5-12-24(23)29-15-13-28(14-16-29)19-21-9-6-10-22(17-21)25(30)27-18-20-7-2-1-3-8-20/h1-12,17H,13-16,18-19H2,(H,27,30). The first-order valence-corrected chi connectivity index (χ1v) is 10.7. The molecular weight excluding hydrogens is 394 g/mol. The minimum Gasteiger partial charge on any atom is -0.368 e. The van der Waals surface area contributed by atoms with Crippen LogP contribution in [0.5, 0.6) is 0 Å². The Hall–Kier alpha value is -2.82. The van der Waals surface area contributed by atoms with Crippen molar-refractivity contribution in [2.24, 2.45) is 0 Å². The van der Waals surface area contributed by atoms with E-state index < -0.39 is 0 Å². The minimum atomic E-state index is -0.0377. The number of nitrogens with one attached hydrogen (secondary N) is 1. The van der Waals surface area contributed by atoms with Gasteiger partial charge in [0.2, 0.25) is 0 Å². The molecule has 30 heavy (non-hydrogen) atoms. The highest BCUT2D eigenvalue weighted by molar-refractivity contribution is 6.33. The molecule has 1 heterocycles. The van der Waals surface area contributed by atoms with E-state index in [9.17, 15) is 4.79 Å². The van der Waals surface area contributed by atoms with Gasteiger partial charge in [-0.2, -0.15) is 0 Å². The van der Waals surface area contributed by atoms with Gasteiger partial charge in [-0.15, -0.1) is 0 Å². The molecule has 5 heteroatoms. The fraction of sp³-hybridized carbons (Fsp3) is 0.240. The maximum Gasteiger partial charge on any atom is 0.251 e. The SMILES string of the molecule is O=C(NCc1ccccc1)c1cccc(CN2CCN(c3ccccc3Cl)CC2)c1. The van der Waals surface area contributed by atoms with E-state index in [1.807, 2.05) is 66.7 Å². The van der Waals surface area contributed by atoms with Crippen LogP contribution in [0.4, 0.5) is 5.69 Å². The van der Waals surface area contributed by atoms with E-state index in [1.165, 1.54) is 0 Å². The van der Waals surface area contributed by atoms with Crippen molar-refractivity contribution >= 4 is 23.2 Å². The van der Waals surface area contributed by atoms with Gasteiger partial charge in [0, 0.05) is 44.8 Å². The van der Waals surface area contributed by atoms with Gasteiger partial charge in [-0.05, 0) is 35.4 Å². The summed E-state index contributed by atoms with van der Waals surface area (Å²) in [6, 6.07) is 25.9. The van der Waals surface area contributed by atoms with Gasteiger partial charge in [0.05, 0.1) is 10.7 Å². The molecule has 0 aliphatic carbocycles. The lowest BCUT2D eigenvalue weighted by molar-refractivity contribution is 0.0950. The van der Waals surface area contributed by atoms with Crippen molar-refractivity contribution in [2.75, 3.05) is 31.1 Å². The summed E-state index contributed by atoms with van der Waals surface area (Å²) in [6.45, 7) is 5.21. The third kappa shape index (κ3) is 5.21. The molecule has 1 N–H and O–H groups in total. The summed E-state index contributed by atoms with van der Waals surface area (Å²) in [5.74, 6) is -0.0377. The summed E-state index contributed by atoms with van der Waals surface area (Å²) in [5, 5.41) is 3.81. The smallest absolute Gasteiger partial charge is 0.251 e. The number of nitrogens with zero attached hydrogens (tertiary/aromatic N) is 2. The molecular formula is C25H26ClN3O. The molecule has 1 aliphatic heterocycles. The number of anilines is 1. The Morgan fingerprint density at radius 3 is 2.30 bits per heavy atom. The van der Waals surface area contributed by atoms with Crippen LogP contribution in [-0.2, 0) is 13.1 Å². The number of piperazine rings is 1. The molecule has 154 valence electrons. The molecule has 0 bridgehead atoms. The predicted octanol–water partition coefficient (Wildman–Crippen LogP) is 4.59. The quantitative estimate of drug-likeness (QED) is 0.634. The molecule has 0 radical (unpaired) electrons. The van der Waals surface area contributed by atoms with Gasteiger partial charge in [-0.3, -0.25) is 9.69 Å². The van der Waals surface area contributed by atoms with E-state index in [4.69, 9.17) is 11.6 Å². The van der Waals surface area contributed by atoms with Crippen LogP contribution in [0, 0.1) is 0 Å². The lowest BCUT2D eigenvalue weighted by Gasteiger charge is -2.36. The third-order valence-corrected chi connectivity index (χ3v) is 5.78. The number of rotatable bonds is 6. The van der Waals surface area contributed by atoms with Gasteiger partial charge in [-0.1, -0.05) is 66.2 Å². The maximum absolute atomic E-state index is 12.6. The van der Waals surface area contributed by atoms with E-state index >= 15 is 0 Å². The highest BCUT2D eigenvalue weighted by atomic mass is 35.5. The lowest BCUT2D eigenvalue weighted by Crippen LogP contribution is -2.46. The van der Waals surface area contributed by atoms with Crippen molar-refractivity contribution in [2.45, 2.75) is 13.1 Å². The van der Waals surface area contributed by atoms with Crippen LogP contribution >= 0.6 is 11.6 Å². The average molecular weight is 420 g/mol. The van der Waals surface area contributed by atoms with Gasteiger partial charge in [0.1, 0.15) is 0 Å². The lowest BCUT2D eigenvalue weighted by atomic mass is 10.1. The van der Waals surface area contributed by atoms with Crippen LogP contribution in [0.3, 0.4) is 0 Å². The first-order valence-electron chi connectivity index (χ1n) is 10.3. The number of halogens is 1. The molecule has 0 spiro atoms. The van der Waals surface area contributed by atoms with Crippen molar-refractivity contribution in [1.29, 1.82) is 0 Å². The normalized spacial score (nSPS) is 14.5. The highest BCUT2D eigenvalue weighted by Crippen LogP contribution is 2.26. The fourth-order valence-electron chi connectivity index (χ4n) is 3.80. The van der Waals surface area contributed by atoms with Gasteiger partial charge in [0.25, 0.3) is 5.91 Å². The average Bonchev–Trinajstić information content (AvgIpc) is 2.79. The largest absolute Gasteiger partial charge is 0.368 e. The molecule has 0 saturated carbocycles. The van der Waals surface area contributed by atoms with Crippen molar-refractivity contribution in [3.8, 4) is 0 Å². The van der Waals surface area contributed by atoms with E-state index in [1.54, 1.807) is 0 Å². The van der Waals surface area contributed by atoms with Gasteiger partial charge in [-0.25, -0.2) is 0 Å². The maximum atomic E-state index is 12.6. The fourth-order valence-corrected chi connectivity index (χ4v) is 4.06. The molecule has 0 aromatic heterocycles. The predicted molar refractivity (Wildman–Crippen MR) is 123 cm³/mol. The van der Waals surface area contributed by atoms with Crippen LogP contribution in [0.25, 0.3) is 0 Å². The number of carbonyl (C=O) groups is 1. The molecule has 0 atom stereocenters. The summed E-state index contributed by atoms with van der Waals surface area (Å²) >= 11 is 6.34. The first kappa shape index (κ1) is 20.5. The molecule has 0 unspecified atom stereocenters. The number of hydrogen-bond acceptors (Lipinski definition) is 3. The number of carbonyl (C=O) groups excluding carboxylic acids is 1. The molecule has 3 aromatic carbocycles. The summed E-state index contributed by atoms with van der Waals surface area (Å²) < 4.78 is 0. The van der Waals surface area contributed by atoms with Crippen molar-refractivity contribution in [3.63, 3.8) is 0 Å². The third-order valence-electron chi connectivity index (χ3n) is 5.46. The van der Waals surface area contributed by atoms with Gasteiger partial charge >= 0.3 is 0 Å². The summed E-state index contributed by atoms with van der Waals surface area (Å²) in [6.07, 6.45) is 0. The second-order valence-corrected chi connectivity index (χ2v) is 7.99. The van der Waals surface area contributed by atoms with E-state index in [-0.39, 0.29) is 5.91 Å². The molecule has 1 fully saturated rings. The number of para-hydroxylation sites is 1. The summed E-state index contributed by atoms with van der Waals surface area (Å²) in [4.78, 5) is 17.3. The van der Waals surface area contributed by atoms with Crippen molar-refractivity contribution in [1.82, 2.24) is 10.2 Å². The van der Waals surface area contributed by atoms with Crippen LogP contribution in [-0.4, -0.2) is 37.0 Å². The summed E-state index contributed by atoms with van der Waals surface area (Å²) in [5.41, 5.74) is 4.07. The molecule has 1 saturated heterocycles.